The van der Waals surface area contributed by atoms with Crippen LogP contribution in [-0.4, -0.2) is 36.7 Å². The SMILES string of the molecule is C=CCCC[C@@H](NC(=O)COC)C(=O)O. The van der Waals surface area contributed by atoms with Crippen LogP contribution < -0.4 is 5.32 Å². The molecule has 0 heterocycles. The van der Waals surface area contributed by atoms with Crippen molar-refractivity contribution in [2.45, 2.75) is 25.3 Å². The van der Waals surface area contributed by atoms with Crippen LogP contribution in [0.25, 0.3) is 0 Å². The lowest BCUT2D eigenvalue weighted by molar-refractivity contribution is -0.142. The Kier molecular flexibility index (Phi) is 7.27. The van der Waals surface area contributed by atoms with Gasteiger partial charge in [-0.2, -0.15) is 0 Å². The molecule has 0 unspecified atom stereocenters. The standard InChI is InChI=1S/C10H17NO4/c1-3-4-5-6-8(10(13)14)11-9(12)7-15-2/h3,8H,1,4-7H2,2H3,(H,11,12)(H,13,14)/t8-/m1/s1. The zero-order chi connectivity index (χ0) is 11.7. The lowest BCUT2D eigenvalue weighted by Crippen LogP contribution is -2.42. The fourth-order valence-electron chi connectivity index (χ4n) is 1.09. The van der Waals surface area contributed by atoms with Crippen LogP contribution in [-0.2, 0) is 14.3 Å². The maximum Gasteiger partial charge on any atom is 0.326 e. The van der Waals surface area contributed by atoms with Gasteiger partial charge in [0.2, 0.25) is 5.91 Å². The number of methoxy groups -OCH3 is 1. The van der Waals surface area contributed by atoms with E-state index < -0.39 is 17.9 Å². The summed E-state index contributed by atoms with van der Waals surface area (Å²) < 4.78 is 4.59. The number of rotatable bonds is 8. The molecule has 0 aromatic heterocycles. The maximum absolute atomic E-state index is 11.1. The van der Waals surface area contributed by atoms with E-state index in [-0.39, 0.29) is 6.61 Å². The van der Waals surface area contributed by atoms with Gasteiger partial charge in [-0.3, -0.25) is 4.79 Å². The van der Waals surface area contributed by atoms with E-state index in [0.29, 0.717) is 12.8 Å². The minimum Gasteiger partial charge on any atom is -0.480 e. The molecule has 0 aliphatic heterocycles. The molecule has 0 aromatic carbocycles. The van der Waals surface area contributed by atoms with Gasteiger partial charge in [0.25, 0.3) is 0 Å². The van der Waals surface area contributed by atoms with Crippen molar-refractivity contribution in [2.24, 2.45) is 0 Å². The van der Waals surface area contributed by atoms with E-state index in [1.807, 2.05) is 0 Å². The van der Waals surface area contributed by atoms with E-state index in [9.17, 15) is 9.59 Å². The summed E-state index contributed by atoms with van der Waals surface area (Å²) in [5, 5.41) is 11.2. The molecule has 0 bridgehead atoms. The summed E-state index contributed by atoms with van der Waals surface area (Å²) in [4.78, 5) is 21.8. The van der Waals surface area contributed by atoms with E-state index in [4.69, 9.17) is 5.11 Å². The number of carboxylic acid groups (broad SMARTS) is 1. The van der Waals surface area contributed by atoms with Crippen LogP contribution in [0.2, 0.25) is 0 Å². The minimum absolute atomic E-state index is 0.120. The molecule has 0 saturated carbocycles. The van der Waals surface area contributed by atoms with Crippen molar-refractivity contribution in [3.63, 3.8) is 0 Å². The Hall–Kier alpha value is -1.36. The number of carboxylic acids is 1. The van der Waals surface area contributed by atoms with Crippen LogP contribution >= 0.6 is 0 Å². The molecule has 1 atom stereocenters. The summed E-state index contributed by atoms with van der Waals surface area (Å²) in [5.41, 5.74) is 0. The highest BCUT2D eigenvalue weighted by atomic mass is 16.5. The first-order valence-electron chi connectivity index (χ1n) is 4.73. The van der Waals surface area contributed by atoms with Gasteiger partial charge in [0.15, 0.2) is 0 Å². The molecule has 2 N–H and O–H groups in total. The first-order valence-corrected chi connectivity index (χ1v) is 4.73. The van der Waals surface area contributed by atoms with Gasteiger partial charge < -0.3 is 15.2 Å². The zero-order valence-electron chi connectivity index (χ0n) is 8.86. The van der Waals surface area contributed by atoms with Crippen molar-refractivity contribution in [1.29, 1.82) is 0 Å². The van der Waals surface area contributed by atoms with Gasteiger partial charge in [0.05, 0.1) is 0 Å². The van der Waals surface area contributed by atoms with E-state index >= 15 is 0 Å². The summed E-state index contributed by atoms with van der Waals surface area (Å²) in [7, 11) is 1.38. The van der Waals surface area contributed by atoms with Crippen molar-refractivity contribution in [1.82, 2.24) is 5.32 Å². The molecule has 0 aliphatic rings. The second-order valence-electron chi connectivity index (χ2n) is 3.11. The molecule has 5 nitrogen and oxygen atoms in total. The maximum atomic E-state index is 11.1. The number of nitrogens with one attached hydrogen (secondary N) is 1. The number of carbonyl (C=O) groups excluding carboxylic acids is 1. The topological polar surface area (TPSA) is 75.6 Å². The number of allylic oxidation sites excluding steroid dienone is 1. The molecule has 0 radical (unpaired) electrons. The summed E-state index contributed by atoms with van der Waals surface area (Å²) >= 11 is 0. The van der Waals surface area contributed by atoms with Gasteiger partial charge in [-0.25, -0.2) is 4.79 Å². The van der Waals surface area contributed by atoms with Crippen LogP contribution in [0, 0.1) is 0 Å². The summed E-state index contributed by atoms with van der Waals surface area (Å²) in [6.45, 7) is 3.42. The smallest absolute Gasteiger partial charge is 0.326 e. The van der Waals surface area contributed by atoms with Gasteiger partial charge in [-0.1, -0.05) is 6.08 Å². The van der Waals surface area contributed by atoms with Gasteiger partial charge in [-0.05, 0) is 19.3 Å². The number of hydrogen-bond acceptors (Lipinski definition) is 3. The third kappa shape index (κ3) is 6.68. The Morgan fingerprint density at radius 3 is 2.73 bits per heavy atom. The van der Waals surface area contributed by atoms with E-state index in [1.165, 1.54) is 7.11 Å². The Morgan fingerprint density at radius 1 is 1.60 bits per heavy atom. The van der Waals surface area contributed by atoms with Crippen molar-refractivity contribution >= 4 is 11.9 Å². The highest BCUT2D eigenvalue weighted by Gasteiger charge is 2.18. The van der Waals surface area contributed by atoms with Gasteiger partial charge >= 0.3 is 5.97 Å². The Bertz CT molecular complexity index is 227. The van der Waals surface area contributed by atoms with Gasteiger partial charge in [0.1, 0.15) is 12.6 Å². The average Bonchev–Trinajstić information content (AvgIpc) is 2.16. The normalized spacial score (nSPS) is 11.8. The molecule has 86 valence electrons. The molecule has 0 fully saturated rings. The van der Waals surface area contributed by atoms with Crippen LogP contribution in [0.1, 0.15) is 19.3 Å². The number of amides is 1. The number of unbranched alkanes of at least 4 members (excludes halogenated alkanes) is 1. The number of aliphatic carboxylic acids is 1. The monoisotopic (exact) mass is 215 g/mol. The second kappa shape index (κ2) is 7.99. The van der Waals surface area contributed by atoms with Crippen molar-refractivity contribution in [3.05, 3.63) is 12.7 Å². The Labute approximate surface area is 89.1 Å². The molecule has 0 spiro atoms. The molecule has 0 saturated heterocycles. The van der Waals surface area contributed by atoms with Crippen molar-refractivity contribution in [2.75, 3.05) is 13.7 Å². The zero-order valence-corrected chi connectivity index (χ0v) is 8.86. The van der Waals surface area contributed by atoms with Gasteiger partial charge in [0, 0.05) is 7.11 Å². The number of ether oxygens (including phenoxy) is 1. The Morgan fingerprint density at radius 2 is 2.27 bits per heavy atom. The molecule has 5 heteroatoms. The third-order valence-electron chi connectivity index (χ3n) is 1.81. The summed E-state index contributed by atoms with van der Waals surface area (Å²) in [6, 6.07) is -0.840. The van der Waals surface area contributed by atoms with Crippen LogP contribution in [0.15, 0.2) is 12.7 Å². The summed E-state index contributed by atoms with van der Waals surface area (Å²) in [5.74, 6) is -1.44. The molecule has 0 aliphatic carbocycles. The quantitative estimate of drug-likeness (QED) is 0.458. The minimum atomic E-state index is -1.02. The fourth-order valence-corrected chi connectivity index (χ4v) is 1.09. The molecule has 0 rings (SSSR count). The highest BCUT2D eigenvalue weighted by molar-refractivity contribution is 5.84. The number of hydrogen-bond donors (Lipinski definition) is 2. The molecule has 0 aromatic rings. The fraction of sp³-hybridized carbons (Fsp3) is 0.600. The first kappa shape index (κ1) is 13.6. The van der Waals surface area contributed by atoms with Crippen LogP contribution in [0.3, 0.4) is 0 Å². The summed E-state index contributed by atoms with van der Waals surface area (Å²) in [6.07, 6.45) is 3.55. The molecular formula is C10H17NO4. The molecule has 1 amide bonds. The largest absolute Gasteiger partial charge is 0.480 e. The average molecular weight is 215 g/mol. The lowest BCUT2D eigenvalue weighted by atomic mass is 10.1. The first-order chi connectivity index (χ1) is 7.11. The highest BCUT2D eigenvalue weighted by Crippen LogP contribution is 2.01. The van der Waals surface area contributed by atoms with Gasteiger partial charge in [-0.15, -0.1) is 6.58 Å². The van der Waals surface area contributed by atoms with Crippen molar-refractivity contribution in [3.8, 4) is 0 Å². The third-order valence-corrected chi connectivity index (χ3v) is 1.81. The molecular weight excluding hydrogens is 198 g/mol. The van der Waals surface area contributed by atoms with E-state index in [2.05, 4.69) is 16.6 Å². The predicted octanol–water partition coefficient (Wildman–Crippen LogP) is 0.558. The van der Waals surface area contributed by atoms with E-state index in [0.717, 1.165) is 6.42 Å². The van der Waals surface area contributed by atoms with Crippen molar-refractivity contribution < 1.29 is 19.4 Å². The lowest BCUT2D eigenvalue weighted by Gasteiger charge is -2.13. The van der Waals surface area contributed by atoms with Crippen LogP contribution in [0.4, 0.5) is 0 Å². The molecule has 15 heavy (non-hydrogen) atoms. The van der Waals surface area contributed by atoms with Crippen LogP contribution in [0.5, 0.6) is 0 Å². The second-order valence-corrected chi connectivity index (χ2v) is 3.11. The predicted molar refractivity (Wildman–Crippen MR) is 55.5 cm³/mol. The number of carbonyl (C=O) groups is 2. The van der Waals surface area contributed by atoms with E-state index in [1.54, 1.807) is 6.08 Å². The Balaban J connectivity index is 3.98.